The number of sulfonamides is 1. The fourth-order valence-corrected chi connectivity index (χ4v) is 4.28. The van der Waals surface area contributed by atoms with Crippen LogP contribution in [0.25, 0.3) is 0 Å². The highest BCUT2D eigenvalue weighted by Crippen LogP contribution is 2.25. The Morgan fingerprint density at radius 2 is 1.87 bits per heavy atom. The van der Waals surface area contributed by atoms with Crippen molar-refractivity contribution in [1.82, 2.24) is 9.73 Å². The molecule has 0 bridgehead atoms. The molecule has 162 valence electrons. The molecule has 0 atom stereocenters. The van der Waals surface area contributed by atoms with Gasteiger partial charge in [-0.25, -0.2) is 18.2 Å². The number of carbonyl (C=O) groups excluding carboxylic acids is 1. The van der Waals surface area contributed by atoms with Gasteiger partial charge in [-0.05, 0) is 48.5 Å². The molecule has 1 N–H and O–H groups in total. The van der Waals surface area contributed by atoms with Crippen LogP contribution in [0.4, 0.5) is 4.39 Å². The lowest BCUT2D eigenvalue weighted by Gasteiger charge is -2.22. The van der Waals surface area contributed by atoms with Gasteiger partial charge < -0.3 is 4.42 Å². The summed E-state index contributed by atoms with van der Waals surface area (Å²) in [6, 6.07) is 12.6. The third-order valence-corrected chi connectivity index (χ3v) is 6.50. The van der Waals surface area contributed by atoms with E-state index in [1.165, 1.54) is 48.9 Å². The maximum absolute atomic E-state index is 14.3. The number of hydrazone groups is 1. The van der Waals surface area contributed by atoms with E-state index in [0.29, 0.717) is 10.8 Å². The maximum Gasteiger partial charge on any atom is 0.255 e. The second-order valence-corrected chi connectivity index (χ2v) is 9.02. The predicted molar refractivity (Wildman–Crippen MR) is 115 cm³/mol. The monoisotopic (exact) mass is 483 g/mol. The first-order valence-electron chi connectivity index (χ1n) is 8.81. The molecule has 1 amide bonds. The smallest absolute Gasteiger partial charge is 0.255 e. The van der Waals surface area contributed by atoms with Crippen LogP contribution in [0.5, 0.6) is 0 Å². The first-order chi connectivity index (χ1) is 14.8. The molecule has 3 rings (SSSR count). The van der Waals surface area contributed by atoms with E-state index in [9.17, 15) is 17.6 Å². The molecule has 1 aromatic heterocycles. The van der Waals surface area contributed by atoms with Crippen LogP contribution in [0.3, 0.4) is 0 Å². The van der Waals surface area contributed by atoms with Crippen molar-refractivity contribution in [3.63, 3.8) is 0 Å². The van der Waals surface area contributed by atoms with Crippen molar-refractivity contribution in [2.75, 3.05) is 6.54 Å². The number of nitrogens with zero attached hydrogens (tertiary/aromatic N) is 2. The first kappa shape index (κ1) is 23.0. The lowest BCUT2D eigenvalue weighted by Crippen LogP contribution is -2.39. The number of benzene rings is 2. The summed E-state index contributed by atoms with van der Waals surface area (Å²) in [6.07, 6.45) is 2.69. The average molecular weight is 484 g/mol. The largest absolute Gasteiger partial charge is 0.463 e. The Labute approximate surface area is 188 Å². The van der Waals surface area contributed by atoms with Crippen LogP contribution < -0.4 is 5.43 Å². The highest BCUT2D eigenvalue weighted by Gasteiger charge is 2.28. The molecule has 0 spiro atoms. The summed E-state index contributed by atoms with van der Waals surface area (Å²) in [6.45, 7) is -1.10. The van der Waals surface area contributed by atoms with E-state index in [1.807, 2.05) is 0 Å². The molecule has 3 aromatic rings. The number of hydrogen-bond donors (Lipinski definition) is 1. The van der Waals surface area contributed by atoms with E-state index in [0.717, 1.165) is 10.4 Å². The fraction of sp³-hybridized carbons (Fsp3) is 0.100. The van der Waals surface area contributed by atoms with Gasteiger partial charge in [0, 0.05) is 22.2 Å². The highest BCUT2D eigenvalue weighted by molar-refractivity contribution is 7.89. The summed E-state index contributed by atoms with van der Waals surface area (Å²) in [7, 11) is -4.19. The van der Waals surface area contributed by atoms with Gasteiger partial charge in [-0.1, -0.05) is 29.3 Å². The summed E-state index contributed by atoms with van der Waals surface area (Å²) in [5.41, 5.74) is 2.15. The van der Waals surface area contributed by atoms with Crippen molar-refractivity contribution in [3.05, 3.63) is 88.0 Å². The summed E-state index contributed by atoms with van der Waals surface area (Å²) in [4.78, 5) is 12.3. The van der Waals surface area contributed by atoms with Crippen molar-refractivity contribution in [1.29, 1.82) is 0 Å². The van der Waals surface area contributed by atoms with Crippen molar-refractivity contribution < 1.29 is 22.0 Å². The molecule has 11 heteroatoms. The van der Waals surface area contributed by atoms with Gasteiger partial charge in [0.25, 0.3) is 5.91 Å². The number of amides is 1. The quantitative estimate of drug-likeness (QED) is 0.386. The van der Waals surface area contributed by atoms with Crippen LogP contribution in [-0.2, 0) is 21.4 Å². The van der Waals surface area contributed by atoms with E-state index in [4.69, 9.17) is 27.6 Å². The van der Waals surface area contributed by atoms with Gasteiger partial charge in [-0.3, -0.25) is 4.79 Å². The molecule has 0 saturated heterocycles. The zero-order valence-corrected chi connectivity index (χ0v) is 18.2. The van der Waals surface area contributed by atoms with Crippen LogP contribution in [0.15, 0.2) is 75.3 Å². The van der Waals surface area contributed by atoms with E-state index in [-0.39, 0.29) is 15.5 Å². The van der Waals surface area contributed by atoms with Gasteiger partial charge in [-0.2, -0.15) is 9.41 Å². The zero-order chi connectivity index (χ0) is 22.4. The van der Waals surface area contributed by atoms with Gasteiger partial charge in [0.1, 0.15) is 11.6 Å². The third-order valence-electron chi connectivity index (χ3n) is 4.09. The summed E-state index contributed by atoms with van der Waals surface area (Å²) >= 11 is 11.9. The Bertz CT molecular complexity index is 1160. The Morgan fingerprint density at radius 1 is 1.13 bits per heavy atom. The molecular weight excluding hydrogens is 468 g/mol. The molecule has 7 nitrogen and oxygen atoms in total. The van der Waals surface area contributed by atoms with E-state index >= 15 is 0 Å². The minimum absolute atomic E-state index is 0.0348. The summed E-state index contributed by atoms with van der Waals surface area (Å²) in [5, 5.41) is 4.09. The molecule has 0 radical (unpaired) electrons. The fourth-order valence-electron chi connectivity index (χ4n) is 2.57. The summed E-state index contributed by atoms with van der Waals surface area (Å²) in [5.74, 6) is -1.04. The van der Waals surface area contributed by atoms with Crippen LogP contribution >= 0.6 is 23.2 Å². The Hall–Kier alpha value is -2.72. The molecular formula is C20H16Cl2FN3O4S. The number of rotatable bonds is 8. The SMILES string of the molecule is O=C(CN(Cc1c(F)cccc1Cl)S(=O)(=O)c1ccc(Cl)cc1)N/N=C/c1ccco1. The number of furan rings is 1. The second kappa shape index (κ2) is 10.1. The van der Waals surface area contributed by atoms with E-state index in [1.54, 1.807) is 12.1 Å². The Balaban J connectivity index is 1.86. The molecule has 0 fully saturated rings. The molecule has 31 heavy (non-hydrogen) atoms. The molecule has 0 unspecified atom stereocenters. The summed E-state index contributed by atoms with van der Waals surface area (Å²) < 4.78 is 46.4. The maximum atomic E-state index is 14.3. The van der Waals surface area contributed by atoms with Crippen LogP contribution in [-0.4, -0.2) is 31.4 Å². The van der Waals surface area contributed by atoms with Crippen molar-refractivity contribution in [3.8, 4) is 0 Å². The first-order valence-corrected chi connectivity index (χ1v) is 11.0. The lowest BCUT2D eigenvalue weighted by molar-refractivity contribution is -0.121. The second-order valence-electron chi connectivity index (χ2n) is 6.24. The van der Waals surface area contributed by atoms with Gasteiger partial charge in [-0.15, -0.1) is 0 Å². The number of halogens is 3. The number of hydrogen-bond acceptors (Lipinski definition) is 5. The number of nitrogens with one attached hydrogen (secondary N) is 1. The molecule has 0 aliphatic heterocycles. The standard InChI is InChI=1S/C20H16Cl2FN3O4S/c21-14-6-8-16(9-7-14)31(28,29)26(12-17-18(22)4-1-5-19(17)23)13-20(27)25-24-11-15-3-2-10-30-15/h1-11H,12-13H2,(H,25,27)/b24-11+. The van der Waals surface area contributed by atoms with E-state index in [2.05, 4.69) is 10.5 Å². The minimum atomic E-state index is -4.19. The molecule has 1 heterocycles. The van der Waals surface area contributed by atoms with Gasteiger partial charge in [0.2, 0.25) is 10.0 Å². The van der Waals surface area contributed by atoms with Gasteiger partial charge in [0.05, 0.1) is 23.9 Å². The lowest BCUT2D eigenvalue weighted by atomic mass is 10.2. The Morgan fingerprint density at radius 3 is 2.52 bits per heavy atom. The predicted octanol–water partition coefficient (Wildman–Crippen LogP) is 4.07. The van der Waals surface area contributed by atoms with Crippen molar-refractivity contribution >= 4 is 45.3 Å². The normalized spacial score (nSPS) is 11.9. The van der Waals surface area contributed by atoms with Crippen molar-refractivity contribution in [2.24, 2.45) is 5.10 Å². The van der Waals surface area contributed by atoms with Crippen LogP contribution in [0.2, 0.25) is 10.0 Å². The van der Waals surface area contributed by atoms with Gasteiger partial charge in [0.15, 0.2) is 0 Å². The molecule has 2 aromatic carbocycles. The van der Waals surface area contributed by atoms with Crippen molar-refractivity contribution in [2.45, 2.75) is 11.4 Å². The average Bonchev–Trinajstić information content (AvgIpc) is 3.24. The van der Waals surface area contributed by atoms with Crippen LogP contribution in [0.1, 0.15) is 11.3 Å². The van der Waals surface area contributed by atoms with Crippen LogP contribution in [0, 0.1) is 5.82 Å². The highest BCUT2D eigenvalue weighted by atomic mass is 35.5. The third kappa shape index (κ3) is 5.92. The minimum Gasteiger partial charge on any atom is -0.463 e. The molecule has 0 aliphatic rings. The zero-order valence-electron chi connectivity index (χ0n) is 15.8. The molecule has 0 saturated carbocycles. The van der Waals surface area contributed by atoms with E-state index < -0.39 is 34.8 Å². The number of carbonyl (C=O) groups is 1. The molecule has 0 aliphatic carbocycles. The Kier molecular flexibility index (Phi) is 7.45. The topological polar surface area (TPSA) is 92.0 Å². The van der Waals surface area contributed by atoms with Gasteiger partial charge >= 0.3 is 0 Å².